The standard InChI is InChI=1S/C20H14F3N3O/c1-27-13-9-10-16-17(12-13)26(18-8-4-5-11-24-18)19(25-16)14-6-2-3-7-15(14)20(21,22)23/h2-12H,1H3. The summed E-state index contributed by atoms with van der Waals surface area (Å²) in [5.41, 5.74) is 0.406. The Hall–Kier alpha value is -3.35. The molecule has 0 aliphatic carbocycles. The summed E-state index contributed by atoms with van der Waals surface area (Å²) in [6.07, 6.45) is -2.91. The second-order valence-electron chi connectivity index (χ2n) is 5.86. The van der Waals surface area contributed by atoms with Crippen LogP contribution in [0.5, 0.6) is 5.75 Å². The van der Waals surface area contributed by atoms with Gasteiger partial charge in [-0.15, -0.1) is 0 Å². The molecular formula is C20H14F3N3O. The van der Waals surface area contributed by atoms with E-state index in [9.17, 15) is 13.2 Å². The van der Waals surface area contributed by atoms with Crippen LogP contribution in [0.4, 0.5) is 13.2 Å². The highest BCUT2D eigenvalue weighted by Crippen LogP contribution is 2.38. The number of rotatable bonds is 3. The maximum absolute atomic E-state index is 13.6. The lowest BCUT2D eigenvalue weighted by Gasteiger charge is -2.14. The average Bonchev–Trinajstić information content (AvgIpc) is 3.06. The highest BCUT2D eigenvalue weighted by atomic mass is 19.4. The Morgan fingerprint density at radius 3 is 2.44 bits per heavy atom. The van der Waals surface area contributed by atoms with Gasteiger partial charge in [-0.05, 0) is 30.3 Å². The Bertz CT molecular complexity index is 1100. The second-order valence-corrected chi connectivity index (χ2v) is 5.86. The highest BCUT2D eigenvalue weighted by molar-refractivity contribution is 5.84. The molecule has 136 valence electrons. The van der Waals surface area contributed by atoms with Gasteiger partial charge >= 0.3 is 6.18 Å². The Morgan fingerprint density at radius 2 is 1.74 bits per heavy atom. The van der Waals surface area contributed by atoms with Crippen molar-refractivity contribution in [1.29, 1.82) is 0 Å². The molecule has 0 radical (unpaired) electrons. The molecule has 27 heavy (non-hydrogen) atoms. The lowest BCUT2D eigenvalue weighted by molar-refractivity contribution is -0.137. The molecule has 2 aromatic carbocycles. The van der Waals surface area contributed by atoms with Crippen LogP contribution in [0.15, 0.2) is 66.9 Å². The van der Waals surface area contributed by atoms with Gasteiger partial charge in [0.2, 0.25) is 0 Å². The van der Waals surface area contributed by atoms with E-state index in [1.54, 1.807) is 53.2 Å². The van der Waals surface area contributed by atoms with Crippen LogP contribution in [0.3, 0.4) is 0 Å². The number of hydrogen-bond donors (Lipinski definition) is 0. The van der Waals surface area contributed by atoms with Gasteiger partial charge in [-0.3, -0.25) is 4.57 Å². The molecule has 0 spiro atoms. The molecule has 0 saturated heterocycles. The Labute approximate surface area is 152 Å². The molecule has 7 heteroatoms. The minimum absolute atomic E-state index is 0.00850. The molecule has 0 aliphatic heterocycles. The number of halogens is 3. The van der Waals surface area contributed by atoms with Crippen LogP contribution < -0.4 is 4.74 Å². The van der Waals surface area contributed by atoms with Crippen LogP contribution in [0.2, 0.25) is 0 Å². The zero-order valence-electron chi connectivity index (χ0n) is 14.2. The van der Waals surface area contributed by atoms with E-state index in [2.05, 4.69) is 9.97 Å². The van der Waals surface area contributed by atoms with Gasteiger partial charge in [-0.2, -0.15) is 13.2 Å². The molecule has 0 amide bonds. The molecule has 4 aromatic rings. The molecule has 0 aliphatic rings. The Balaban J connectivity index is 2.08. The van der Waals surface area contributed by atoms with Crippen molar-refractivity contribution in [2.24, 2.45) is 0 Å². The summed E-state index contributed by atoms with van der Waals surface area (Å²) in [6, 6.07) is 15.8. The van der Waals surface area contributed by atoms with Crippen molar-refractivity contribution in [1.82, 2.24) is 14.5 Å². The van der Waals surface area contributed by atoms with Crippen molar-refractivity contribution in [2.45, 2.75) is 6.18 Å². The number of methoxy groups -OCH3 is 1. The van der Waals surface area contributed by atoms with E-state index in [0.717, 1.165) is 6.07 Å². The van der Waals surface area contributed by atoms with Gasteiger partial charge in [0, 0.05) is 17.8 Å². The first-order chi connectivity index (χ1) is 13.0. The van der Waals surface area contributed by atoms with Gasteiger partial charge in [0.25, 0.3) is 0 Å². The zero-order chi connectivity index (χ0) is 19.0. The molecule has 0 unspecified atom stereocenters. The number of aromatic nitrogens is 3. The van der Waals surface area contributed by atoms with Crippen LogP contribution in [-0.4, -0.2) is 21.6 Å². The third-order valence-corrected chi connectivity index (χ3v) is 4.21. The lowest BCUT2D eigenvalue weighted by Crippen LogP contribution is -2.09. The number of alkyl halides is 3. The number of pyridine rings is 1. The maximum atomic E-state index is 13.6. The van der Waals surface area contributed by atoms with Gasteiger partial charge in [0.05, 0.1) is 23.7 Å². The third kappa shape index (κ3) is 3.01. The molecule has 4 nitrogen and oxygen atoms in total. The van der Waals surface area contributed by atoms with Crippen molar-refractivity contribution in [3.8, 4) is 23.0 Å². The molecule has 2 aromatic heterocycles. The number of benzene rings is 2. The first kappa shape index (κ1) is 17.1. The van der Waals surface area contributed by atoms with E-state index >= 15 is 0 Å². The summed E-state index contributed by atoms with van der Waals surface area (Å²) in [5.74, 6) is 1.22. The van der Waals surface area contributed by atoms with Crippen LogP contribution in [0.25, 0.3) is 28.2 Å². The fourth-order valence-electron chi connectivity index (χ4n) is 3.01. The van der Waals surface area contributed by atoms with E-state index in [1.807, 2.05) is 0 Å². The lowest BCUT2D eigenvalue weighted by atomic mass is 10.1. The van der Waals surface area contributed by atoms with E-state index in [1.165, 1.54) is 19.2 Å². The monoisotopic (exact) mass is 369 g/mol. The summed E-state index contributed by atoms with van der Waals surface area (Å²) < 4.78 is 47.6. The van der Waals surface area contributed by atoms with E-state index in [-0.39, 0.29) is 11.4 Å². The first-order valence-electron chi connectivity index (χ1n) is 8.13. The van der Waals surface area contributed by atoms with Gasteiger partial charge in [0.1, 0.15) is 17.4 Å². The van der Waals surface area contributed by atoms with Gasteiger partial charge in [-0.1, -0.05) is 24.3 Å². The van der Waals surface area contributed by atoms with Crippen molar-refractivity contribution in [2.75, 3.05) is 7.11 Å². The molecule has 4 rings (SSSR count). The van der Waals surface area contributed by atoms with Crippen molar-refractivity contribution >= 4 is 11.0 Å². The average molecular weight is 369 g/mol. The molecule has 0 saturated carbocycles. The maximum Gasteiger partial charge on any atom is 0.417 e. The van der Waals surface area contributed by atoms with Crippen LogP contribution in [-0.2, 0) is 6.18 Å². The number of hydrogen-bond acceptors (Lipinski definition) is 3. The highest BCUT2D eigenvalue weighted by Gasteiger charge is 2.35. The van der Waals surface area contributed by atoms with E-state index < -0.39 is 11.7 Å². The number of imidazole rings is 1. The number of nitrogens with zero attached hydrogens (tertiary/aromatic N) is 3. The SMILES string of the molecule is COc1ccc2nc(-c3ccccc3C(F)(F)F)n(-c3ccccn3)c2c1. The Morgan fingerprint density at radius 1 is 0.963 bits per heavy atom. The van der Waals surface area contributed by atoms with Gasteiger partial charge < -0.3 is 4.74 Å². The zero-order valence-corrected chi connectivity index (χ0v) is 14.2. The predicted molar refractivity (Wildman–Crippen MR) is 95.9 cm³/mol. The second kappa shape index (κ2) is 6.42. The smallest absolute Gasteiger partial charge is 0.417 e. The predicted octanol–water partition coefficient (Wildman–Crippen LogP) is 5.11. The van der Waals surface area contributed by atoms with Crippen molar-refractivity contribution < 1.29 is 17.9 Å². The number of fused-ring (bicyclic) bond motifs is 1. The quantitative estimate of drug-likeness (QED) is 0.504. The molecule has 0 bridgehead atoms. The summed E-state index contributed by atoms with van der Waals surface area (Å²) in [4.78, 5) is 8.78. The summed E-state index contributed by atoms with van der Waals surface area (Å²) in [7, 11) is 1.53. The molecule has 2 heterocycles. The molecular weight excluding hydrogens is 355 g/mol. The van der Waals surface area contributed by atoms with Gasteiger partial charge in [0.15, 0.2) is 0 Å². The normalized spacial score (nSPS) is 11.7. The molecule has 0 fully saturated rings. The molecule has 0 N–H and O–H groups in total. The topological polar surface area (TPSA) is 39.9 Å². The summed E-state index contributed by atoms with van der Waals surface area (Å²) in [6.45, 7) is 0. The number of ether oxygens (including phenoxy) is 1. The fraction of sp³-hybridized carbons (Fsp3) is 0.100. The summed E-state index contributed by atoms with van der Waals surface area (Å²) in [5, 5.41) is 0. The minimum Gasteiger partial charge on any atom is -0.497 e. The third-order valence-electron chi connectivity index (χ3n) is 4.21. The van der Waals surface area contributed by atoms with Crippen molar-refractivity contribution in [3.05, 3.63) is 72.4 Å². The van der Waals surface area contributed by atoms with Gasteiger partial charge in [-0.25, -0.2) is 9.97 Å². The van der Waals surface area contributed by atoms with Crippen LogP contribution >= 0.6 is 0 Å². The van der Waals surface area contributed by atoms with E-state index in [4.69, 9.17) is 4.74 Å². The summed E-state index contributed by atoms with van der Waals surface area (Å²) >= 11 is 0. The fourth-order valence-corrected chi connectivity index (χ4v) is 3.01. The molecule has 0 atom stereocenters. The minimum atomic E-state index is -4.50. The largest absolute Gasteiger partial charge is 0.497 e. The van der Waals surface area contributed by atoms with Crippen LogP contribution in [0.1, 0.15) is 5.56 Å². The van der Waals surface area contributed by atoms with E-state index in [0.29, 0.717) is 22.6 Å². The Kier molecular flexibility index (Phi) is 4.07. The van der Waals surface area contributed by atoms with Crippen LogP contribution in [0, 0.1) is 0 Å². The van der Waals surface area contributed by atoms with Crippen molar-refractivity contribution in [3.63, 3.8) is 0 Å². The first-order valence-corrected chi connectivity index (χ1v) is 8.13.